The van der Waals surface area contributed by atoms with Gasteiger partial charge in [-0.05, 0) is 12.5 Å². The van der Waals surface area contributed by atoms with E-state index < -0.39 is 0 Å². The molecule has 1 rings (SSSR count). The molecule has 0 aliphatic carbocycles. The van der Waals surface area contributed by atoms with Gasteiger partial charge < -0.3 is 10.6 Å². The molecule has 0 saturated heterocycles. The van der Waals surface area contributed by atoms with Gasteiger partial charge in [-0.1, -0.05) is 6.92 Å². The van der Waals surface area contributed by atoms with E-state index in [-0.39, 0.29) is 5.78 Å². The standard InChI is InChI=1S/C10H16N2OS/c1-4-5-12(3)9-6-8(11)10(14-9)7(2)13/h6H,4-5,11H2,1-3H3. The van der Waals surface area contributed by atoms with Crippen LogP contribution >= 0.6 is 11.3 Å². The van der Waals surface area contributed by atoms with Crippen molar-refractivity contribution in [1.29, 1.82) is 0 Å². The van der Waals surface area contributed by atoms with Crippen LogP contribution in [0.25, 0.3) is 0 Å². The molecule has 0 spiro atoms. The molecule has 3 nitrogen and oxygen atoms in total. The van der Waals surface area contributed by atoms with Gasteiger partial charge in [-0.2, -0.15) is 0 Å². The van der Waals surface area contributed by atoms with Gasteiger partial charge in [0.05, 0.1) is 15.6 Å². The third-order valence-electron chi connectivity index (χ3n) is 2.00. The van der Waals surface area contributed by atoms with Crippen LogP contribution < -0.4 is 10.6 Å². The Morgan fingerprint density at radius 3 is 2.71 bits per heavy atom. The summed E-state index contributed by atoms with van der Waals surface area (Å²) in [6.07, 6.45) is 1.09. The number of carbonyl (C=O) groups excluding carboxylic acids is 1. The van der Waals surface area contributed by atoms with E-state index in [1.165, 1.54) is 11.3 Å². The molecule has 0 amide bonds. The summed E-state index contributed by atoms with van der Waals surface area (Å²) in [6, 6.07) is 1.87. The van der Waals surface area contributed by atoms with E-state index in [9.17, 15) is 4.79 Å². The van der Waals surface area contributed by atoms with Crippen molar-refractivity contribution in [3.63, 3.8) is 0 Å². The van der Waals surface area contributed by atoms with Crippen LogP contribution in [-0.4, -0.2) is 19.4 Å². The minimum absolute atomic E-state index is 0.0450. The third kappa shape index (κ3) is 2.26. The van der Waals surface area contributed by atoms with Gasteiger partial charge in [-0.25, -0.2) is 0 Å². The average molecular weight is 212 g/mol. The zero-order valence-electron chi connectivity index (χ0n) is 8.83. The highest BCUT2D eigenvalue weighted by atomic mass is 32.1. The zero-order chi connectivity index (χ0) is 10.7. The second-order valence-corrected chi connectivity index (χ2v) is 4.38. The van der Waals surface area contributed by atoms with Crippen molar-refractivity contribution in [2.24, 2.45) is 0 Å². The monoisotopic (exact) mass is 212 g/mol. The fourth-order valence-electron chi connectivity index (χ4n) is 1.30. The molecule has 0 saturated carbocycles. The number of hydrogen-bond acceptors (Lipinski definition) is 4. The Morgan fingerprint density at radius 1 is 1.64 bits per heavy atom. The lowest BCUT2D eigenvalue weighted by atomic mass is 10.3. The Hall–Kier alpha value is -1.03. The van der Waals surface area contributed by atoms with Gasteiger partial charge in [-0.15, -0.1) is 11.3 Å². The quantitative estimate of drug-likeness (QED) is 0.779. The first-order chi connectivity index (χ1) is 6.56. The fourth-order valence-corrected chi connectivity index (χ4v) is 2.26. The number of nitrogens with zero attached hydrogens (tertiary/aromatic N) is 1. The molecule has 4 heteroatoms. The number of nitrogen functional groups attached to an aromatic ring is 1. The van der Waals surface area contributed by atoms with Crippen molar-refractivity contribution in [1.82, 2.24) is 0 Å². The Balaban J connectivity index is 2.90. The van der Waals surface area contributed by atoms with Crippen LogP contribution in [0.1, 0.15) is 29.9 Å². The number of thiophene rings is 1. The Morgan fingerprint density at radius 2 is 2.29 bits per heavy atom. The van der Waals surface area contributed by atoms with Crippen LogP contribution in [0.3, 0.4) is 0 Å². The smallest absolute Gasteiger partial charge is 0.171 e. The maximum absolute atomic E-state index is 11.2. The summed E-state index contributed by atoms with van der Waals surface area (Å²) in [5.41, 5.74) is 6.34. The number of anilines is 2. The number of ketones is 1. The summed E-state index contributed by atoms with van der Waals surface area (Å²) in [5, 5.41) is 1.06. The van der Waals surface area contributed by atoms with Gasteiger partial charge in [-0.3, -0.25) is 4.79 Å². The second kappa shape index (κ2) is 4.46. The van der Waals surface area contributed by atoms with Gasteiger partial charge in [0.1, 0.15) is 0 Å². The lowest BCUT2D eigenvalue weighted by molar-refractivity contribution is 0.102. The van der Waals surface area contributed by atoms with Gasteiger partial charge >= 0.3 is 0 Å². The highest BCUT2D eigenvalue weighted by molar-refractivity contribution is 7.18. The zero-order valence-corrected chi connectivity index (χ0v) is 9.65. The molecule has 0 aliphatic heterocycles. The predicted molar refractivity (Wildman–Crippen MR) is 62.3 cm³/mol. The Kier molecular flexibility index (Phi) is 3.52. The molecule has 14 heavy (non-hydrogen) atoms. The summed E-state index contributed by atoms with van der Waals surface area (Å²) in [4.78, 5) is 14.0. The molecule has 0 aliphatic rings. The van der Waals surface area contributed by atoms with Crippen molar-refractivity contribution in [2.45, 2.75) is 20.3 Å². The molecule has 1 aromatic rings. The SMILES string of the molecule is CCCN(C)c1cc(N)c(C(C)=O)s1. The first kappa shape index (κ1) is 11.0. The molecule has 0 bridgehead atoms. The van der Waals surface area contributed by atoms with Gasteiger partial charge in [0.2, 0.25) is 0 Å². The summed E-state index contributed by atoms with van der Waals surface area (Å²) in [6.45, 7) is 4.66. The molecule has 0 radical (unpaired) electrons. The number of Topliss-reactive ketones (excluding diaryl/α,β-unsaturated/α-hetero) is 1. The molecular formula is C10H16N2OS. The van der Waals surface area contributed by atoms with E-state index in [1.807, 2.05) is 13.1 Å². The first-order valence-corrected chi connectivity index (χ1v) is 5.49. The molecule has 1 aromatic heterocycles. The van der Waals surface area contributed by atoms with Crippen molar-refractivity contribution in [2.75, 3.05) is 24.2 Å². The highest BCUT2D eigenvalue weighted by Crippen LogP contribution is 2.31. The van der Waals surface area contributed by atoms with Crippen LogP contribution in [0, 0.1) is 0 Å². The minimum atomic E-state index is 0.0450. The van der Waals surface area contributed by atoms with Crippen molar-refractivity contribution in [3.05, 3.63) is 10.9 Å². The largest absolute Gasteiger partial charge is 0.397 e. The normalized spacial score (nSPS) is 10.2. The van der Waals surface area contributed by atoms with Crippen molar-refractivity contribution in [3.8, 4) is 0 Å². The average Bonchev–Trinajstić information content (AvgIpc) is 2.48. The topological polar surface area (TPSA) is 46.3 Å². The maximum Gasteiger partial charge on any atom is 0.171 e. The number of carbonyl (C=O) groups is 1. The second-order valence-electron chi connectivity index (χ2n) is 3.35. The summed E-state index contributed by atoms with van der Waals surface area (Å²) >= 11 is 1.47. The van der Waals surface area contributed by atoms with E-state index in [4.69, 9.17) is 5.73 Å². The minimum Gasteiger partial charge on any atom is -0.397 e. The molecule has 2 N–H and O–H groups in total. The number of nitrogens with two attached hydrogens (primary N) is 1. The van der Waals surface area contributed by atoms with Crippen LogP contribution in [-0.2, 0) is 0 Å². The van der Waals surface area contributed by atoms with Gasteiger partial charge in [0.25, 0.3) is 0 Å². The van der Waals surface area contributed by atoms with E-state index in [1.54, 1.807) is 6.92 Å². The number of hydrogen-bond donors (Lipinski definition) is 1. The van der Waals surface area contributed by atoms with Crippen molar-refractivity contribution < 1.29 is 4.79 Å². The Bertz CT molecular complexity index is 333. The predicted octanol–water partition coefficient (Wildman–Crippen LogP) is 2.38. The van der Waals surface area contributed by atoms with Gasteiger partial charge in [0, 0.05) is 20.5 Å². The summed E-state index contributed by atoms with van der Waals surface area (Å²) < 4.78 is 0. The van der Waals surface area contributed by atoms with E-state index in [0.717, 1.165) is 18.0 Å². The number of rotatable bonds is 4. The molecule has 0 fully saturated rings. The summed E-state index contributed by atoms with van der Waals surface area (Å²) in [5.74, 6) is 0.0450. The highest BCUT2D eigenvalue weighted by Gasteiger charge is 2.12. The third-order valence-corrected chi connectivity index (χ3v) is 3.37. The van der Waals surface area contributed by atoms with Crippen molar-refractivity contribution >= 4 is 27.8 Å². The molecule has 1 heterocycles. The van der Waals surface area contributed by atoms with E-state index in [2.05, 4.69) is 11.8 Å². The first-order valence-electron chi connectivity index (χ1n) is 4.67. The lowest BCUT2D eigenvalue weighted by Crippen LogP contribution is -2.16. The summed E-state index contributed by atoms with van der Waals surface area (Å²) in [7, 11) is 2.01. The molecule has 0 aromatic carbocycles. The van der Waals surface area contributed by atoms with E-state index in [0.29, 0.717) is 10.6 Å². The van der Waals surface area contributed by atoms with Crippen LogP contribution in [0.15, 0.2) is 6.07 Å². The van der Waals surface area contributed by atoms with Crippen LogP contribution in [0.2, 0.25) is 0 Å². The maximum atomic E-state index is 11.2. The molecule has 0 unspecified atom stereocenters. The van der Waals surface area contributed by atoms with Gasteiger partial charge in [0.15, 0.2) is 5.78 Å². The Labute approximate surface area is 88.5 Å². The lowest BCUT2D eigenvalue weighted by Gasteiger charge is -2.14. The van der Waals surface area contributed by atoms with Crippen LogP contribution in [0.4, 0.5) is 10.7 Å². The van der Waals surface area contributed by atoms with Crippen LogP contribution in [0.5, 0.6) is 0 Å². The molecule has 0 atom stereocenters. The molecular weight excluding hydrogens is 196 g/mol. The molecule has 78 valence electrons. The fraction of sp³-hybridized carbons (Fsp3) is 0.500. The van der Waals surface area contributed by atoms with E-state index >= 15 is 0 Å².